The topological polar surface area (TPSA) is 94.5 Å². The van der Waals surface area contributed by atoms with Gasteiger partial charge in [0.15, 0.2) is 0 Å². The number of aliphatic hydroxyl groups is 1. The third-order valence-electron chi connectivity index (χ3n) is 7.23. The summed E-state index contributed by atoms with van der Waals surface area (Å²) in [5.41, 5.74) is 2.61. The second-order valence-corrected chi connectivity index (χ2v) is 9.72. The molecule has 206 valence electrons. The summed E-state index contributed by atoms with van der Waals surface area (Å²) < 4.78 is 21.5. The number of methoxy groups -OCH3 is 2. The molecule has 0 aromatic heterocycles. The number of hydrogen-bond donors (Lipinski definition) is 1. The van der Waals surface area contributed by atoms with Gasteiger partial charge in [-0.3, -0.25) is 4.79 Å². The van der Waals surface area contributed by atoms with Crippen LogP contribution in [0.25, 0.3) is 0 Å². The van der Waals surface area contributed by atoms with Crippen LogP contribution in [0, 0.1) is 11.8 Å². The lowest BCUT2D eigenvalue weighted by atomic mass is 9.74. The quantitative estimate of drug-likeness (QED) is 0.274. The van der Waals surface area contributed by atoms with Gasteiger partial charge >= 0.3 is 6.16 Å². The van der Waals surface area contributed by atoms with Crippen molar-refractivity contribution in [3.8, 4) is 11.5 Å². The zero-order chi connectivity index (χ0) is 27.9. The highest BCUT2D eigenvalue weighted by atomic mass is 16.7. The molecule has 4 rings (SSSR count). The summed E-state index contributed by atoms with van der Waals surface area (Å²) in [6.07, 6.45) is -1.58. The Morgan fingerprint density at radius 3 is 1.90 bits per heavy atom. The van der Waals surface area contributed by atoms with Crippen LogP contribution in [-0.4, -0.2) is 55.0 Å². The van der Waals surface area contributed by atoms with Gasteiger partial charge in [-0.05, 0) is 47.9 Å². The molecule has 1 heterocycles. The van der Waals surface area contributed by atoms with Crippen LogP contribution in [0.3, 0.4) is 0 Å². The van der Waals surface area contributed by atoms with Crippen LogP contribution in [0.1, 0.15) is 36.6 Å². The molecule has 8 heteroatoms. The predicted molar refractivity (Wildman–Crippen MR) is 145 cm³/mol. The maximum atomic E-state index is 13.8. The largest absolute Gasteiger partial charge is 0.508 e. The Balaban J connectivity index is 1.58. The lowest BCUT2D eigenvalue weighted by Crippen LogP contribution is -2.68. The molecule has 1 amide bonds. The van der Waals surface area contributed by atoms with Crippen molar-refractivity contribution >= 4 is 12.1 Å². The number of rotatable bonds is 11. The minimum Gasteiger partial charge on any atom is -0.497 e. The smallest absolute Gasteiger partial charge is 0.497 e. The second-order valence-electron chi connectivity index (χ2n) is 9.72. The average Bonchev–Trinajstić information content (AvgIpc) is 2.97. The van der Waals surface area contributed by atoms with E-state index in [4.69, 9.17) is 18.9 Å². The molecule has 0 bridgehead atoms. The monoisotopic (exact) mass is 533 g/mol. The van der Waals surface area contributed by atoms with Crippen molar-refractivity contribution in [2.24, 2.45) is 11.8 Å². The van der Waals surface area contributed by atoms with Gasteiger partial charge in [-0.2, -0.15) is 0 Å². The Bertz CT molecular complexity index is 1180. The molecule has 1 saturated heterocycles. The molecular weight excluding hydrogens is 498 g/mol. The molecule has 1 aliphatic heterocycles. The van der Waals surface area contributed by atoms with Gasteiger partial charge in [0, 0.05) is 12.5 Å². The van der Waals surface area contributed by atoms with Crippen molar-refractivity contribution in [2.75, 3.05) is 20.8 Å². The molecule has 4 atom stereocenters. The zero-order valence-corrected chi connectivity index (χ0v) is 22.7. The van der Waals surface area contributed by atoms with E-state index in [0.717, 1.165) is 16.7 Å². The van der Waals surface area contributed by atoms with Gasteiger partial charge in [-0.1, -0.05) is 61.5 Å². The standard InChI is InChI=1S/C31H35NO7/c1-20(18-33)28-27(21(2)39-31(35)38-19-22-8-6-5-7-9-22)30(34)32(28)29(23-10-14-25(36-3)15-11-23)24-12-16-26(37-4)17-13-24/h5-17,20-21,27-29,33H,18-19H2,1-4H3/t20?,21-,27-,28+/m1/s1. The number of nitrogens with zero attached hydrogens (tertiary/aromatic N) is 1. The SMILES string of the molecule is COc1ccc(C(c2ccc(OC)cc2)N2C(=O)[C@H]([C@@H](C)OC(=O)OCc3ccccc3)[C@@H]2C(C)CO)cc1. The molecule has 1 unspecified atom stereocenters. The van der Waals surface area contributed by atoms with Crippen LogP contribution in [0.5, 0.6) is 11.5 Å². The molecule has 0 radical (unpaired) electrons. The number of carbonyl (C=O) groups excluding carboxylic acids is 2. The first kappa shape index (κ1) is 28.0. The fourth-order valence-corrected chi connectivity index (χ4v) is 5.13. The third kappa shape index (κ3) is 6.17. The Morgan fingerprint density at radius 2 is 1.41 bits per heavy atom. The van der Waals surface area contributed by atoms with Crippen molar-refractivity contribution in [3.63, 3.8) is 0 Å². The van der Waals surface area contributed by atoms with Crippen molar-refractivity contribution in [2.45, 2.75) is 38.6 Å². The van der Waals surface area contributed by atoms with Crippen LogP contribution in [0.4, 0.5) is 4.79 Å². The van der Waals surface area contributed by atoms with Gasteiger partial charge in [0.25, 0.3) is 0 Å². The molecule has 1 aliphatic rings. The van der Waals surface area contributed by atoms with Crippen molar-refractivity contribution in [3.05, 3.63) is 95.6 Å². The number of benzene rings is 3. The van der Waals surface area contributed by atoms with Crippen molar-refractivity contribution in [1.82, 2.24) is 4.90 Å². The average molecular weight is 534 g/mol. The van der Waals surface area contributed by atoms with Gasteiger partial charge in [-0.15, -0.1) is 0 Å². The maximum Gasteiger partial charge on any atom is 0.508 e. The first-order valence-electron chi connectivity index (χ1n) is 13.0. The lowest BCUT2D eigenvalue weighted by Gasteiger charge is -2.54. The molecule has 3 aromatic rings. The van der Waals surface area contributed by atoms with E-state index in [9.17, 15) is 14.7 Å². The minimum absolute atomic E-state index is 0.0740. The van der Waals surface area contributed by atoms with Gasteiger partial charge < -0.3 is 29.0 Å². The summed E-state index contributed by atoms with van der Waals surface area (Å²) in [5.74, 6) is 0.349. The third-order valence-corrected chi connectivity index (χ3v) is 7.23. The van der Waals surface area contributed by atoms with Crippen molar-refractivity contribution < 1.29 is 33.6 Å². The molecule has 1 fully saturated rings. The molecule has 8 nitrogen and oxygen atoms in total. The first-order chi connectivity index (χ1) is 18.9. The lowest BCUT2D eigenvalue weighted by molar-refractivity contribution is -0.174. The minimum atomic E-state index is -0.838. The van der Waals surface area contributed by atoms with Gasteiger partial charge in [0.2, 0.25) is 5.91 Å². The molecule has 0 aliphatic carbocycles. The van der Waals surface area contributed by atoms with E-state index >= 15 is 0 Å². The van der Waals surface area contributed by atoms with Gasteiger partial charge in [0.1, 0.15) is 24.2 Å². The molecular formula is C31H35NO7. The number of hydrogen-bond acceptors (Lipinski definition) is 7. The zero-order valence-electron chi connectivity index (χ0n) is 22.7. The molecule has 3 aromatic carbocycles. The van der Waals surface area contributed by atoms with Crippen LogP contribution < -0.4 is 9.47 Å². The summed E-state index contributed by atoms with van der Waals surface area (Å²) in [6, 6.07) is 23.6. The first-order valence-corrected chi connectivity index (χ1v) is 13.0. The summed E-state index contributed by atoms with van der Waals surface area (Å²) in [7, 11) is 3.20. The predicted octanol–water partition coefficient (Wildman–Crippen LogP) is 4.99. The van der Waals surface area contributed by atoms with Gasteiger partial charge in [-0.25, -0.2) is 4.79 Å². The molecule has 1 N–H and O–H groups in total. The fraction of sp³-hybridized carbons (Fsp3) is 0.355. The van der Waals surface area contributed by atoms with E-state index in [2.05, 4.69) is 0 Å². The van der Waals surface area contributed by atoms with Crippen LogP contribution >= 0.6 is 0 Å². The summed E-state index contributed by atoms with van der Waals surface area (Å²) in [6.45, 7) is 3.52. The highest BCUT2D eigenvalue weighted by molar-refractivity contribution is 5.88. The van der Waals surface area contributed by atoms with E-state index in [1.165, 1.54) is 0 Å². The number of amides is 1. The Kier molecular flexibility index (Phi) is 9.09. The number of ether oxygens (including phenoxy) is 4. The molecule has 39 heavy (non-hydrogen) atoms. The summed E-state index contributed by atoms with van der Waals surface area (Å²) in [4.78, 5) is 28.0. The highest BCUT2D eigenvalue weighted by Gasteiger charge is 2.56. The highest BCUT2D eigenvalue weighted by Crippen LogP contribution is 2.45. The summed E-state index contributed by atoms with van der Waals surface area (Å²) in [5, 5.41) is 10.1. The fourth-order valence-electron chi connectivity index (χ4n) is 5.13. The number of likely N-dealkylation sites (tertiary alicyclic amines) is 1. The summed E-state index contributed by atoms with van der Waals surface area (Å²) >= 11 is 0. The number of aliphatic hydroxyl groups excluding tert-OH is 1. The van der Waals surface area contributed by atoms with Gasteiger partial charge in [0.05, 0.1) is 32.2 Å². The number of β-lactam (4-membered cyclic amide) rings is 1. The van der Waals surface area contributed by atoms with E-state index in [0.29, 0.717) is 11.5 Å². The normalized spacial score (nSPS) is 18.2. The number of carbonyl (C=O) groups is 2. The van der Waals surface area contributed by atoms with E-state index in [1.807, 2.05) is 85.8 Å². The Hall–Kier alpha value is -4.04. The molecule has 0 spiro atoms. The van der Waals surface area contributed by atoms with Crippen LogP contribution in [0.2, 0.25) is 0 Å². The molecule has 0 saturated carbocycles. The van der Waals surface area contributed by atoms with Crippen LogP contribution in [-0.2, 0) is 20.9 Å². The van der Waals surface area contributed by atoms with E-state index in [1.54, 1.807) is 26.0 Å². The Morgan fingerprint density at radius 1 is 0.872 bits per heavy atom. The van der Waals surface area contributed by atoms with Crippen molar-refractivity contribution in [1.29, 1.82) is 0 Å². The Labute approximate surface area is 229 Å². The second kappa shape index (κ2) is 12.7. The van der Waals surface area contributed by atoms with E-state index < -0.39 is 24.2 Å². The van der Waals surface area contributed by atoms with E-state index in [-0.39, 0.29) is 31.1 Å². The maximum absolute atomic E-state index is 13.8. The van der Waals surface area contributed by atoms with Crippen LogP contribution in [0.15, 0.2) is 78.9 Å².